The number of nitrogens with zero attached hydrogens (tertiary/aromatic N) is 1. The Morgan fingerprint density at radius 3 is 2.78 bits per heavy atom. The van der Waals surface area contributed by atoms with Gasteiger partial charge >= 0.3 is 0 Å². The van der Waals surface area contributed by atoms with Crippen LogP contribution in [0.4, 0.5) is 5.69 Å². The Morgan fingerprint density at radius 1 is 1.07 bits per heavy atom. The molecular formula is C22H25N3O2. The second-order valence-corrected chi connectivity index (χ2v) is 7.52. The third kappa shape index (κ3) is 3.88. The summed E-state index contributed by atoms with van der Waals surface area (Å²) in [5.74, 6) is -0.341. The lowest BCUT2D eigenvalue weighted by Gasteiger charge is -2.22. The van der Waals surface area contributed by atoms with Gasteiger partial charge in [-0.1, -0.05) is 18.2 Å². The zero-order chi connectivity index (χ0) is 18.8. The van der Waals surface area contributed by atoms with Crippen molar-refractivity contribution in [3.05, 3.63) is 64.7 Å². The summed E-state index contributed by atoms with van der Waals surface area (Å²) in [5, 5.41) is 3.00. The quantitative estimate of drug-likeness (QED) is 0.858. The predicted molar refractivity (Wildman–Crippen MR) is 105 cm³/mol. The number of carbonyl (C=O) groups is 2. The number of aryl methyl sites for hydroxylation is 2. The van der Waals surface area contributed by atoms with Crippen LogP contribution in [0.25, 0.3) is 0 Å². The first-order chi connectivity index (χ1) is 13.1. The Bertz CT molecular complexity index is 878. The molecule has 2 aliphatic rings. The normalized spacial score (nSPS) is 19.0. The first-order valence-corrected chi connectivity index (χ1v) is 9.65. The number of fused-ring (bicyclic) bond motifs is 1. The van der Waals surface area contributed by atoms with Gasteiger partial charge in [0.05, 0.1) is 6.04 Å². The molecule has 3 N–H and O–H groups in total. The summed E-state index contributed by atoms with van der Waals surface area (Å²) in [7, 11) is 0. The topological polar surface area (TPSA) is 75.4 Å². The van der Waals surface area contributed by atoms with Gasteiger partial charge in [0.15, 0.2) is 0 Å². The summed E-state index contributed by atoms with van der Waals surface area (Å²) in [6, 6.07) is 13.6. The molecule has 0 aromatic heterocycles. The molecule has 2 amide bonds. The van der Waals surface area contributed by atoms with Crippen LogP contribution in [0.15, 0.2) is 42.5 Å². The van der Waals surface area contributed by atoms with Crippen molar-refractivity contribution in [1.29, 1.82) is 0 Å². The van der Waals surface area contributed by atoms with Crippen molar-refractivity contribution in [1.82, 2.24) is 4.90 Å². The highest BCUT2D eigenvalue weighted by atomic mass is 16.2. The summed E-state index contributed by atoms with van der Waals surface area (Å²) >= 11 is 0. The largest absolute Gasteiger partial charge is 0.368 e. The molecule has 1 saturated heterocycles. The highest BCUT2D eigenvalue weighted by Crippen LogP contribution is 2.24. The Labute approximate surface area is 159 Å². The molecule has 0 radical (unpaired) electrons. The molecule has 1 aliphatic heterocycles. The van der Waals surface area contributed by atoms with Crippen LogP contribution >= 0.6 is 0 Å². The van der Waals surface area contributed by atoms with Crippen LogP contribution in [0.5, 0.6) is 0 Å². The Kier molecular flexibility index (Phi) is 4.94. The van der Waals surface area contributed by atoms with Crippen LogP contribution in [0.2, 0.25) is 0 Å². The van der Waals surface area contributed by atoms with Crippen LogP contribution < -0.4 is 11.1 Å². The molecule has 27 heavy (non-hydrogen) atoms. The van der Waals surface area contributed by atoms with Gasteiger partial charge in [-0.15, -0.1) is 0 Å². The monoisotopic (exact) mass is 363 g/mol. The van der Waals surface area contributed by atoms with E-state index in [1.807, 2.05) is 36.4 Å². The van der Waals surface area contributed by atoms with E-state index in [2.05, 4.69) is 16.3 Å². The fraction of sp³-hybridized carbons (Fsp3) is 0.364. The lowest BCUT2D eigenvalue weighted by atomic mass is 10.1. The number of amides is 2. The van der Waals surface area contributed by atoms with Gasteiger partial charge < -0.3 is 11.1 Å². The fourth-order valence-electron chi connectivity index (χ4n) is 4.24. The Hall–Kier alpha value is -2.66. The van der Waals surface area contributed by atoms with Gasteiger partial charge in [0.2, 0.25) is 5.91 Å². The van der Waals surface area contributed by atoms with Gasteiger partial charge in [0, 0.05) is 17.8 Å². The number of nitrogens with one attached hydrogen (secondary N) is 1. The molecule has 5 nitrogen and oxygen atoms in total. The average Bonchev–Trinajstić information content (AvgIpc) is 3.30. The minimum absolute atomic E-state index is 0.0852. The van der Waals surface area contributed by atoms with Gasteiger partial charge in [-0.3, -0.25) is 14.5 Å². The molecule has 1 unspecified atom stereocenters. The lowest BCUT2D eigenvalue weighted by Crippen LogP contribution is -2.39. The second kappa shape index (κ2) is 7.53. The fourth-order valence-corrected chi connectivity index (χ4v) is 4.24. The number of hydrogen-bond acceptors (Lipinski definition) is 3. The minimum Gasteiger partial charge on any atom is -0.368 e. The molecule has 1 atom stereocenters. The maximum atomic E-state index is 12.6. The standard InChI is InChI=1S/C22H25N3O2/c23-21(26)20-8-3-11-25(20)14-15-4-1-7-19(12-15)24-22(27)18-10-9-16-5-2-6-17(16)13-18/h1,4,7,9-10,12-13,20H,2-3,5-6,8,11,14H2,(H2,23,26)(H,24,27). The number of benzene rings is 2. The van der Waals surface area contributed by atoms with Gasteiger partial charge in [0.1, 0.15) is 0 Å². The molecule has 1 heterocycles. The smallest absolute Gasteiger partial charge is 0.255 e. The molecule has 2 aromatic carbocycles. The SMILES string of the molecule is NC(=O)C1CCCN1Cc1cccc(NC(=O)c2ccc3c(c2)CCC3)c1. The van der Waals surface area contributed by atoms with E-state index in [1.54, 1.807) is 0 Å². The third-order valence-electron chi connectivity index (χ3n) is 5.62. The molecule has 1 aliphatic carbocycles. The van der Waals surface area contributed by atoms with E-state index in [-0.39, 0.29) is 17.9 Å². The number of anilines is 1. The second-order valence-electron chi connectivity index (χ2n) is 7.52. The number of rotatable bonds is 5. The highest BCUT2D eigenvalue weighted by Gasteiger charge is 2.28. The predicted octanol–water partition coefficient (Wildman–Crippen LogP) is 2.88. The average molecular weight is 363 g/mol. The molecule has 4 rings (SSSR count). The van der Waals surface area contributed by atoms with Crippen molar-refractivity contribution in [2.24, 2.45) is 5.73 Å². The molecular weight excluding hydrogens is 338 g/mol. The first kappa shape index (κ1) is 17.7. The minimum atomic E-state index is -0.256. The van der Waals surface area contributed by atoms with Crippen LogP contribution in [0.1, 0.15) is 46.3 Å². The summed E-state index contributed by atoms with van der Waals surface area (Å²) in [5.41, 5.74) is 10.7. The molecule has 0 saturated carbocycles. The third-order valence-corrected chi connectivity index (χ3v) is 5.62. The molecule has 1 fully saturated rings. The Balaban J connectivity index is 1.45. The van der Waals surface area contributed by atoms with E-state index in [1.165, 1.54) is 17.5 Å². The van der Waals surface area contributed by atoms with E-state index in [4.69, 9.17) is 5.73 Å². The summed E-state index contributed by atoms with van der Waals surface area (Å²) in [6.45, 7) is 1.54. The van der Waals surface area contributed by atoms with E-state index in [9.17, 15) is 9.59 Å². The van der Waals surface area contributed by atoms with Crippen molar-refractivity contribution in [3.63, 3.8) is 0 Å². The molecule has 5 heteroatoms. The van der Waals surface area contributed by atoms with Gasteiger partial charge in [-0.05, 0) is 79.6 Å². The molecule has 0 spiro atoms. The maximum Gasteiger partial charge on any atom is 0.255 e. The highest BCUT2D eigenvalue weighted by molar-refractivity contribution is 6.04. The van der Waals surface area contributed by atoms with Crippen LogP contribution in [-0.4, -0.2) is 29.3 Å². The number of primary amides is 1. The van der Waals surface area contributed by atoms with Crippen molar-refractivity contribution in [2.45, 2.75) is 44.7 Å². The van der Waals surface area contributed by atoms with Gasteiger partial charge in [-0.25, -0.2) is 0 Å². The molecule has 0 bridgehead atoms. The number of carbonyl (C=O) groups excluding carboxylic acids is 2. The van der Waals surface area contributed by atoms with Crippen LogP contribution in [-0.2, 0) is 24.2 Å². The molecule has 2 aromatic rings. The van der Waals surface area contributed by atoms with E-state index in [0.29, 0.717) is 12.1 Å². The zero-order valence-corrected chi connectivity index (χ0v) is 15.4. The van der Waals surface area contributed by atoms with E-state index < -0.39 is 0 Å². The summed E-state index contributed by atoms with van der Waals surface area (Å²) in [4.78, 5) is 26.3. The summed E-state index contributed by atoms with van der Waals surface area (Å²) in [6.07, 6.45) is 5.16. The van der Waals surface area contributed by atoms with Gasteiger partial charge in [0.25, 0.3) is 5.91 Å². The van der Waals surface area contributed by atoms with Crippen molar-refractivity contribution in [2.75, 3.05) is 11.9 Å². The van der Waals surface area contributed by atoms with Crippen LogP contribution in [0.3, 0.4) is 0 Å². The van der Waals surface area contributed by atoms with E-state index >= 15 is 0 Å². The summed E-state index contributed by atoms with van der Waals surface area (Å²) < 4.78 is 0. The van der Waals surface area contributed by atoms with Crippen molar-refractivity contribution >= 4 is 17.5 Å². The van der Waals surface area contributed by atoms with Crippen LogP contribution in [0, 0.1) is 0 Å². The number of nitrogens with two attached hydrogens (primary N) is 1. The first-order valence-electron chi connectivity index (χ1n) is 9.65. The molecule has 140 valence electrons. The van der Waals surface area contributed by atoms with E-state index in [0.717, 1.165) is 43.5 Å². The van der Waals surface area contributed by atoms with Gasteiger partial charge in [-0.2, -0.15) is 0 Å². The lowest BCUT2D eigenvalue weighted by molar-refractivity contribution is -0.122. The maximum absolute atomic E-state index is 12.6. The number of hydrogen-bond donors (Lipinski definition) is 2. The Morgan fingerprint density at radius 2 is 1.93 bits per heavy atom. The number of likely N-dealkylation sites (tertiary alicyclic amines) is 1. The van der Waals surface area contributed by atoms with Crippen molar-refractivity contribution < 1.29 is 9.59 Å². The zero-order valence-electron chi connectivity index (χ0n) is 15.4. The van der Waals surface area contributed by atoms with Crippen molar-refractivity contribution in [3.8, 4) is 0 Å².